The molecular weight excluding hydrogens is 224 g/mol. The molecule has 0 spiro atoms. The number of primary amides is 1. The van der Waals surface area contributed by atoms with Crippen LogP contribution < -0.4 is 5.73 Å². The van der Waals surface area contributed by atoms with E-state index in [9.17, 15) is 4.79 Å². The van der Waals surface area contributed by atoms with Gasteiger partial charge in [-0.2, -0.15) is 0 Å². The molecule has 3 nitrogen and oxygen atoms in total. The summed E-state index contributed by atoms with van der Waals surface area (Å²) in [5.41, 5.74) is 7.85. The maximum absolute atomic E-state index is 11.4. The highest BCUT2D eigenvalue weighted by molar-refractivity contribution is 6.34. The molecule has 16 heavy (non-hydrogen) atoms. The Morgan fingerprint density at radius 3 is 2.44 bits per heavy atom. The molecule has 88 valence electrons. The molecule has 1 aromatic rings. The van der Waals surface area contributed by atoms with Crippen LogP contribution in [-0.4, -0.2) is 10.5 Å². The highest BCUT2D eigenvalue weighted by Crippen LogP contribution is 2.43. The van der Waals surface area contributed by atoms with Crippen molar-refractivity contribution in [2.24, 2.45) is 5.73 Å². The van der Waals surface area contributed by atoms with Crippen LogP contribution in [0.2, 0.25) is 5.02 Å². The fourth-order valence-electron chi connectivity index (χ4n) is 2.32. The highest BCUT2D eigenvalue weighted by atomic mass is 35.5. The van der Waals surface area contributed by atoms with Crippen molar-refractivity contribution >= 4 is 17.5 Å². The van der Waals surface area contributed by atoms with Crippen molar-refractivity contribution in [2.75, 3.05) is 0 Å². The Bertz CT molecular complexity index is 419. The van der Waals surface area contributed by atoms with E-state index in [-0.39, 0.29) is 0 Å². The van der Waals surface area contributed by atoms with E-state index in [0.717, 1.165) is 11.4 Å². The van der Waals surface area contributed by atoms with Crippen LogP contribution in [0.5, 0.6) is 0 Å². The van der Waals surface area contributed by atoms with Gasteiger partial charge in [-0.3, -0.25) is 4.79 Å². The van der Waals surface area contributed by atoms with Crippen molar-refractivity contribution in [2.45, 2.75) is 45.6 Å². The fourth-order valence-corrected chi connectivity index (χ4v) is 2.85. The van der Waals surface area contributed by atoms with Crippen LogP contribution in [0.3, 0.4) is 0 Å². The fraction of sp³-hybridized carbons (Fsp3) is 0.583. The van der Waals surface area contributed by atoms with Gasteiger partial charge in [0.05, 0.1) is 10.6 Å². The zero-order valence-corrected chi connectivity index (χ0v) is 10.6. The van der Waals surface area contributed by atoms with Gasteiger partial charge in [0.25, 0.3) is 5.91 Å². The molecule has 2 rings (SSSR count). The lowest BCUT2D eigenvalue weighted by Gasteiger charge is -2.13. The van der Waals surface area contributed by atoms with E-state index >= 15 is 0 Å². The maximum atomic E-state index is 11.4. The topological polar surface area (TPSA) is 48.0 Å². The Kier molecular flexibility index (Phi) is 2.74. The number of rotatable bonds is 3. The maximum Gasteiger partial charge on any atom is 0.252 e. The second-order valence-electron chi connectivity index (χ2n) is 4.78. The summed E-state index contributed by atoms with van der Waals surface area (Å²) in [5.74, 6) is -0.122. The Labute approximate surface area is 101 Å². The SMILES string of the molecule is Cc1c(C(N)=O)c(Cl)c(C(C)C)n1C1CC1. The molecule has 0 radical (unpaired) electrons. The molecule has 0 bridgehead atoms. The summed E-state index contributed by atoms with van der Waals surface area (Å²) in [4.78, 5) is 11.4. The van der Waals surface area contributed by atoms with Gasteiger partial charge in [0.2, 0.25) is 0 Å². The zero-order valence-electron chi connectivity index (χ0n) is 9.88. The van der Waals surface area contributed by atoms with E-state index in [1.54, 1.807) is 0 Å². The molecule has 1 aliphatic carbocycles. The summed E-state index contributed by atoms with van der Waals surface area (Å²) < 4.78 is 2.20. The third-order valence-electron chi connectivity index (χ3n) is 3.13. The summed E-state index contributed by atoms with van der Waals surface area (Å²) >= 11 is 6.27. The third-order valence-corrected chi connectivity index (χ3v) is 3.51. The van der Waals surface area contributed by atoms with Crippen molar-refractivity contribution in [1.29, 1.82) is 0 Å². The summed E-state index contributed by atoms with van der Waals surface area (Å²) in [5, 5.41) is 0.548. The van der Waals surface area contributed by atoms with Gasteiger partial charge in [-0.25, -0.2) is 0 Å². The third kappa shape index (κ3) is 1.63. The van der Waals surface area contributed by atoms with E-state index in [1.807, 2.05) is 6.92 Å². The summed E-state index contributed by atoms with van der Waals surface area (Å²) in [6, 6.07) is 0.517. The molecular formula is C12H17ClN2O. The standard InChI is InChI=1S/C12H17ClN2O/c1-6(2)11-10(13)9(12(14)16)7(3)15(11)8-4-5-8/h6,8H,4-5H2,1-3H3,(H2,14,16). The van der Waals surface area contributed by atoms with Gasteiger partial charge in [0, 0.05) is 17.4 Å². The summed E-state index contributed by atoms with van der Waals surface area (Å²) in [7, 11) is 0. The average molecular weight is 241 g/mol. The Hall–Kier alpha value is -0.960. The first-order valence-electron chi connectivity index (χ1n) is 5.65. The number of nitrogens with zero attached hydrogens (tertiary/aromatic N) is 1. The lowest BCUT2D eigenvalue weighted by molar-refractivity contribution is 0.1000. The van der Waals surface area contributed by atoms with Crippen molar-refractivity contribution in [3.05, 3.63) is 22.0 Å². The van der Waals surface area contributed by atoms with Crippen molar-refractivity contribution < 1.29 is 4.79 Å². The first kappa shape index (κ1) is 11.5. The highest BCUT2D eigenvalue weighted by Gasteiger charge is 2.32. The minimum absolute atomic E-state index is 0.305. The minimum Gasteiger partial charge on any atom is -0.365 e. The number of amides is 1. The normalized spacial score (nSPS) is 15.8. The minimum atomic E-state index is -0.427. The molecule has 0 aliphatic heterocycles. The second kappa shape index (κ2) is 3.81. The van der Waals surface area contributed by atoms with E-state index in [2.05, 4.69) is 18.4 Å². The number of halogens is 1. The summed E-state index contributed by atoms with van der Waals surface area (Å²) in [6.07, 6.45) is 2.34. The quantitative estimate of drug-likeness (QED) is 0.868. The monoisotopic (exact) mass is 240 g/mol. The van der Waals surface area contributed by atoms with Gasteiger partial charge < -0.3 is 10.3 Å². The molecule has 0 aromatic carbocycles. The molecule has 0 saturated heterocycles. The molecule has 4 heteroatoms. The van der Waals surface area contributed by atoms with Crippen LogP contribution in [0.25, 0.3) is 0 Å². The van der Waals surface area contributed by atoms with E-state index in [0.29, 0.717) is 22.5 Å². The first-order valence-corrected chi connectivity index (χ1v) is 6.03. The lowest BCUT2D eigenvalue weighted by Crippen LogP contribution is -2.12. The van der Waals surface area contributed by atoms with Gasteiger partial charge in [-0.15, -0.1) is 0 Å². The Morgan fingerprint density at radius 2 is 2.06 bits per heavy atom. The van der Waals surface area contributed by atoms with Crippen molar-refractivity contribution in [1.82, 2.24) is 4.57 Å². The van der Waals surface area contributed by atoms with Crippen LogP contribution in [0, 0.1) is 6.92 Å². The van der Waals surface area contributed by atoms with Crippen LogP contribution in [0.1, 0.15) is 60.4 Å². The Balaban J connectivity index is 2.66. The second-order valence-corrected chi connectivity index (χ2v) is 5.16. The van der Waals surface area contributed by atoms with E-state index in [4.69, 9.17) is 17.3 Å². The molecule has 1 amide bonds. The molecule has 1 fully saturated rings. The molecule has 1 aliphatic rings. The van der Waals surface area contributed by atoms with Gasteiger partial charge >= 0.3 is 0 Å². The van der Waals surface area contributed by atoms with Crippen LogP contribution in [0.4, 0.5) is 0 Å². The van der Waals surface area contributed by atoms with Crippen molar-refractivity contribution in [3.8, 4) is 0 Å². The summed E-state index contributed by atoms with van der Waals surface area (Å²) in [6.45, 7) is 6.10. The Morgan fingerprint density at radius 1 is 1.50 bits per heavy atom. The van der Waals surface area contributed by atoms with Gasteiger partial charge in [-0.05, 0) is 25.7 Å². The number of carbonyl (C=O) groups is 1. The van der Waals surface area contributed by atoms with Crippen LogP contribution >= 0.6 is 11.6 Å². The average Bonchev–Trinajstić information content (AvgIpc) is 2.91. The predicted molar refractivity (Wildman–Crippen MR) is 65.1 cm³/mol. The molecule has 1 aromatic heterocycles. The molecule has 0 unspecified atom stereocenters. The molecule has 2 N–H and O–H groups in total. The zero-order chi connectivity index (χ0) is 12.0. The van der Waals surface area contributed by atoms with Gasteiger partial charge in [0.1, 0.15) is 0 Å². The van der Waals surface area contributed by atoms with Gasteiger partial charge in [0.15, 0.2) is 0 Å². The predicted octanol–water partition coefficient (Wildman–Crippen LogP) is 3.01. The van der Waals surface area contributed by atoms with Crippen LogP contribution in [0.15, 0.2) is 0 Å². The lowest BCUT2D eigenvalue weighted by atomic mass is 10.1. The largest absolute Gasteiger partial charge is 0.365 e. The molecule has 1 saturated carbocycles. The number of hydrogen-bond acceptors (Lipinski definition) is 1. The van der Waals surface area contributed by atoms with Gasteiger partial charge in [-0.1, -0.05) is 25.4 Å². The number of nitrogens with two attached hydrogens (primary N) is 1. The van der Waals surface area contributed by atoms with E-state index < -0.39 is 5.91 Å². The smallest absolute Gasteiger partial charge is 0.252 e. The first-order chi connectivity index (χ1) is 7.45. The number of carbonyl (C=O) groups excluding carboxylic acids is 1. The van der Waals surface area contributed by atoms with Crippen molar-refractivity contribution in [3.63, 3.8) is 0 Å². The van der Waals surface area contributed by atoms with E-state index in [1.165, 1.54) is 12.8 Å². The number of hydrogen-bond donors (Lipinski definition) is 1. The molecule has 1 heterocycles. The van der Waals surface area contributed by atoms with Crippen LogP contribution in [-0.2, 0) is 0 Å². The molecule has 0 atom stereocenters. The number of aromatic nitrogens is 1.